The summed E-state index contributed by atoms with van der Waals surface area (Å²) in [6, 6.07) is 11.6. The second-order valence-electron chi connectivity index (χ2n) is 8.89. The number of para-hydroxylation sites is 1. The van der Waals surface area contributed by atoms with E-state index in [4.69, 9.17) is 0 Å². The van der Waals surface area contributed by atoms with E-state index in [-0.39, 0.29) is 10.9 Å². The van der Waals surface area contributed by atoms with Crippen molar-refractivity contribution in [1.29, 1.82) is 0 Å². The Morgan fingerprint density at radius 1 is 0.857 bits per heavy atom. The molecule has 186 valence electrons. The van der Waals surface area contributed by atoms with E-state index in [1.54, 1.807) is 28.7 Å². The van der Waals surface area contributed by atoms with Crippen LogP contribution in [-0.4, -0.2) is 72.9 Å². The first-order valence-corrected chi connectivity index (χ1v) is 13.0. The van der Waals surface area contributed by atoms with Crippen LogP contribution in [0, 0.1) is 0 Å². The fraction of sp³-hybridized carbons (Fsp3) is 0.417. The van der Waals surface area contributed by atoms with Gasteiger partial charge in [0.25, 0.3) is 0 Å². The summed E-state index contributed by atoms with van der Waals surface area (Å²) >= 11 is 0. The minimum absolute atomic E-state index is 0.242. The van der Waals surface area contributed by atoms with E-state index in [2.05, 4.69) is 14.9 Å². The van der Waals surface area contributed by atoms with Gasteiger partial charge < -0.3 is 4.90 Å². The second kappa shape index (κ2) is 9.36. The van der Waals surface area contributed by atoms with Crippen LogP contribution in [0.1, 0.15) is 18.4 Å². The quantitative estimate of drug-likeness (QED) is 0.540. The van der Waals surface area contributed by atoms with Gasteiger partial charge in [0, 0.05) is 63.1 Å². The van der Waals surface area contributed by atoms with Gasteiger partial charge in [-0.2, -0.15) is 17.5 Å². The maximum absolute atomic E-state index is 13.4. The number of halogens is 3. The number of hydrogen-bond acceptors (Lipinski definition) is 6. The number of hydrogen-bond donors (Lipinski definition) is 0. The van der Waals surface area contributed by atoms with Gasteiger partial charge in [-0.3, -0.25) is 9.88 Å². The molecule has 0 unspecified atom stereocenters. The van der Waals surface area contributed by atoms with Crippen molar-refractivity contribution in [3.63, 3.8) is 0 Å². The maximum atomic E-state index is 13.4. The smallest absolute Gasteiger partial charge is 0.354 e. The summed E-state index contributed by atoms with van der Waals surface area (Å²) in [5.41, 5.74) is -0.258. The van der Waals surface area contributed by atoms with Crippen molar-refractivity contribution >= 4 is 26.7 Å². The van der Waals surface area contributed by atoms with Crippen LogP contribution in [0.5, 0.6) is 0 Å². The summed E-state index contributed by atoms with van der Waals surface area (Å²) in [4.78, 5) is 12.9. The predicted octanol–water partition coefficient (Wildman–Crippen LogP) is 3.62. The Balaban J connectivity index is 1.18. The zero-order chi connectivity index (χ0) is 24.6. The van der Waals surface area contributed by atoms with Crippen molar-refractivity contribution in [3.8, 4) is 0 Å². The Bertz CT molecular complexity index is 1280. The minimum Gasteiger partial charge on any atom is -0.354 e. The van der Waals surface area contributed by atoms with Crippen LogP contribution < -0.4 is 4.90 Å². The monoisotopic (exact) mass is 505 g/mol. The molecule has 7 nitrogen and oxygen atoms in total. The molecule has 0 atom stereocenters. The Morgan fingerprint density at radius 3 is 2.23 bits per heavy atom. The number of rotatable bonds is 4. The first-order valence-electron chi connectivity index (χ1n) is 11.6. The third kappa shape index (κ3) is 4.85. The predicted molar refractivity (Wildman–Crippen MR) is 127 cm³/mol. The van der Waals surface area contributed by atoms with Gasteiger partial charge in [0.1, 0.15) is 10.7 Å². The summed E-state index contributed by atoms with van der Waals surface area (Å²) in [6.45, 7) is 3.73. The Labute approximate surface area is 202 Å². The lowest BCUT2D eigenvalue weighted by atomic mass is 10.0. The number of aromatic nitrogens is 2. The normalized spacial score (nSPS) is 19.3. The fourth-order valence-corrected chi connectivity index (χ4v) is 6.56. The molecule has 2 aromatic heterocycles. The molecule has 3 aromatic rings. The molecule has 0 bridgehead atoms. The SMILES string of the molecule is O=S(=O)(c1cccc2cccnc12)N1CCC(N2CCN(c3ccc(C(F)(F)F)cn3)CC2)CC1. The fourth-order valence-electron chi connectivity index (χ4n) is 4.93. The summed E-state index contributed by atoms with van der Waals surface area (Å²) < 4.78 is 66.6. The molecule has 4 heterocycles. The van der Waals surface area contributed by atoms with Crippen molar-refractivity contribution in [1.82, 2.24) is 19.2 Å². The van der Waals surface area contributed by atoms with Crippen molar-refractivity contribution < 1.29 is 21.6 Å². The van der Waals surface area contributed by atoms with E-state index >= 15 is 0 Å². The highest BCUT2D eigenvalue weighted by atomic mass is 32.2. The molecule has 0 amide bonds. The highest BCUT2D eigenvalue weighted by Crippen LogP contribution is 2.30. The lowest BCUT2D eigenvalue weighted by Gasteiger charge is -2.42. The molecule has 2 aliphatic heterocycles. The molecule has 0 aliphatic carbocycles. The Morgan fingerprint density at radius 2 is 1.57 bits per heavy atom. The molecule has 11 heteroatoms. The molecular formula is C24H26F3N5O2S. The molecule has 0 spiro atoms. The van der Waals surface area contributed by atoms with Gasteiger partial charge in [-0.15, -0.1) is 0 Å². The number of nitrogens with zero attached hydrogens (tertiary/aromatic N) is 5. The van der Waals surface area contributed by atoms with Crippen LogP contribution in [0.3, 0.4) is 0 Å². The molecule has 5 rings (SSSR count). The van der Waals surface area contributed by atoms with Gasteiger partial charge in [0.05, 0.1) is 11.1 Å². The van der Waals surface area contributed by atoms with Crippen LogP contribution in [0.25, 0.3) is 10.9 Å². The number of benzene rings is 1. The van der Waals surface area contributed by atoms with E-state index in [1.165, 1.54) is 6.07 Å². The number of alkyl halides is 3. The average molecular weight is 506 g/mol. The number of sulfonamides is 1. The molecule has 2 aliphatic rings. The average Bonchev–Trinajstić information content (AvgIpc) is 2.88. The largest absolute Gasteiger partial charge is 0.417 e. The Hall–Kier alpha value is -2.76. The molecule has 2 saturated heterocycles. The standard InChI is InChI=1S/C24H26F3N5O2S/c25-24(26,27)19-6-7-22(29-17-19)31-15-13-30(14-16-31)20-8-11-32(12-9-20)35(33,34)21-5-1-3-18-4-2-10-28-23(18)21/h1-7,10,17,20H,8-9,11-16H2. The topological polar surface area (TPSA) is 69.6 Å². The van der Waals surface area contributed by atoms with Crippen molar-refractivity contribution in [3.05, 3.63) is 60.4 Å². The molecule has 35 heavy (non-hydrogen) atoms. The molecule has 0 saturated carbocycles. The van der Waals surface area contributed by atoms with Gasteiger partial charge in [-0.25, -0.2) is 13.4 Å². The van der Waals surface area contributed by atoms with E-state index in [9.17, 15) is 21.6 Å². The van der Waals surface area contributed by atoms with Crippen LogP contribution in [0.15, 0.2) is 59.8 Å². The minimum atomic E-state index is -4.39. The lowest BCUT2D eigenvalue weighted by molar-refractivity contribution is -0.137. The zero-order valence-corrected chi connectivity index (χ0v) is 19.8. The summed E-state index contributed by atoms with van der Waals surface area (Å²) in [5.74, 6) is 0.544. The second-order valence-corrected chi connectivity index (χ2v) is 10.8. The number of pyridine rings is 2. The summed E-state index contributed by atoms with van der Waals surface area (Å²) in [7, 11) is -3.65. The number of piperazine rings is 1. The van der Waals surface area contributed by atoms with Crippen LogP contribution in [0.4, 0.5) is 19.0 Å². The van der Waals surface area contributed by atoms with Crippen LogP contribution >= 0.6 is 0 Å². The maximum Gasteiger partial charge on any atom is 0.417 e. The summed E-state index contributed by atoms with van der Waals surface area (Å²) in [5, 5.41) is 0.795. The molecule has 1 aromatic carbocycles. The zero-order valence-electron chi connectivity index (χ0n) is 19.0. The van der Waals surface area contributed by atoms with Gasteiger partial charge in [-0.05, 0) is 37.1 Å². The highest BCUT2D eigenvalue weighted by Gasteiger charge is 2.34. The molecular weight excluding hydrogens is 479 g/mol. The van der Waals surface area contributed by atoms with Crippen molar-refractivity contribution in [2.24, 2.45) is 0 Å². The molecule has 2 fully saturated rings. The number of piperidine rings is 1. The van der Waals surface area contributed by atoms with E-state index < -0.39 is 21.8 Å². The third-order valence-corrected chi connectivity index (χ3v) is 8.80. The van der Waals surface area contributed by atoms with Gasteiger partial charge >= 0.3 is 6.18 Å². The highest BCUT2D eigenvalue weighted by molar-refractivity contribution is 7.89. The van der Waals surface area contributed by atoms with E-state index in [0.717, 1.165) is 43.6 Å². The van der Waals surface area contributed by atoms with E-state index in [1.807, 2.05) is 17.0 Å². The third-order valence-electron chi connectivity index (χ3n) is 6.87. The van der Waals surface area contributed by atoms with Crippen LogP contribution in [0.2, 0.25) is 0 Å². The first-order chi connectivity index (χ1) is 16.7. The Kier molecular flexibility index (Phi) is 6.41. The van der Waals surface area contributed by atoms with Crippen molar-refractivity contribution in [2.75, 3.05) is 44.2 Å². The molecule has 0 radical (unpaired) electrons. The van der Waals surface area contributed by atoms with E-state index in [0.29, 0.717) is 37.5 Å². The molecule has 0 N–H and O–H groups in total. The van der Waals surface area contributed by atoms with Gasteiger partial charge in [0.15, 0.2) is 0 Å². The lowest BCUT2D eigenvalue weighted by Crippen LogP contribution is -2.54. The van der Waals surface area contributed by atoms with Crippen LogP contribution in [-0.2, 0) is 16.2 Å². The van der Waals surface area contributed by atoms with Crippen molar-refractivity contribution in [2.45, 2.75) is 30.0 Å². The first kappa shape index (κ1) is 24.0. The number of fused-ring (bicyclic) bond motifs is 1. The number of anilines is 1. The van der Waals surface area contributed by atoms with Gasteiger partial charge in [0.2, 0.25) is 10.0 Å². The van der Waals surface area contributed by atoms with Gasteiger partial charge in [-0.1, -0.05) is 18.2 Å². The summed E-state index contributed by atoms with van der Waals surface area (Å²) in [6.07, 6.45) is -0.445.